The molecule has 30 heavy (non-hydrogen) atoms. The molecule has 2 aliphatic heterocycles. The van der Waals surface area contributed by atoms with E-state index in [1.54, 1.807) is 25.4 Å². The molecule has 158 valence electrons. The normalized spacial score (nSPS) is 20.0. The SMILES string of the molecule is CCOC(=O)C1=C(CN2CCN(c3ncccn3)CC2)NC(=O)NC1c1cccs1. The molecule has 4 heterocycles. The number of esters is 1. The molecule has 9 nitrogen and oxygen atoms in total. The number of ether oxygens (including phenoxy) is 1. The maximum atomic E-state index is 12.8. The van der Waals surface area contributed by atoms with Crippen molar-refractivity contribution in [2.75, 3.05) is 44.2 Å². The molecule has 1 saturated heterocycles. The predicted molar refractivity (Wildman–Crippen MR) is 113 cm³/mol. The minimum atomic E-state index is -0.508. The molecule has 2 N–H and O–H groups in total. The number of piperazine rings is 1. The minimum Gasteiger partial charge on any atom is -0.463 e. The molecule has 0 radical (unpaired) electrons. The number of nitrogens with one attached hydrogen (secondary N) is 2. The molecule has 2 aromatic rings. The van der Waals surface area contributed by atoms with Crippen LogP contribution in [0.3, 0.4) is 0 Å². The second-order valence-electron chi connectivity index (χ2n) is 6.97. The molecule has 1 fully saturated rings. The Labute approximate surface area is 178 Å². The average Bonchev–Trinajstić information content (AvgIpc) is 3.29. The minimum absolute atomic E-state index is 0.274. The van der Waals surface area contributed by atoms with Crippen molar-refractivity contribution in [2.24, 2.45) is 0 Å². The van der Waals surface area contributed by atoms with E-state index in [0.717, 1.165) is 37.0 Å². The first-order valence-corrected chi connectivity index (χ1v) is 10.8. The van der Waals surface area contributed by atoms with Crippen LogP contribution in [-0.4, -0.2) is 66.2 Å². The lowest BCUT2D eigenvalue weighted by molar-refractivity contribution is -0.139. The van der Waals surface area contributed by atoms with Crippen LogP contribution in [0.25, 0.3) is 0 Å². The molecule has 1 atom stereocenters. The van der Waals surface area contributed by atoms with E-state index in [4.69, 9.17) is 4.74 Å². The molecule has 0 bridgehead atoms. The second-order valence-corrected chi connectivity index (χ2v) is 7.95. The van der Waals surface area contributed by atoms with Crippen molar-refractivity contribution in [3.63, 3.8) is 0 Å². The number of thiophene rings is 1. The lowest BCUT2D eigenvalue weighted by Crippen LogP contribution is -2.52. The number of hydrogen-bond acceptors (Lipinski definition) is 8. The van der Waals surface area contributed by atoms with Gasteiger partial charge in [0.05, 0.1) is 18.2 Å². The number of carbonyl (C=O) groups is 2. The largest absolute Gasteiger partial charge is 0.463 e. The number of rotatable bonds is 6. The van der Waals surface area contributed by atoms with Crippen molar-refractivity contribution in [3.8, 4) is 0 Å². The smallest absolute Gasteiger partial charge is 0.338 e. The van der Waals surface area contributed by atoms with Crippen molar-refractivity contribution < 1.29 is 14.3 Å². The van der Waals surface area contributed by atoms with Crippen LogP contribution in [0.15, 0.2) is 47.2 Å². The first-order chi connectivity index (χ1) is 14.7. The molecule has 4 rings (SSSR count). The van der Waals surface area contributed by atoms with E-state index < -0.39 is 12.0 Å². The lowest BCUT2D eigenvalue weighted by atomic mass is 10.0. The van der Waals surface area contributed by atoms with Crippen LogP contribution in [0.4, 0.5) is 10.7 Å². The number of urea groups is 1. The van der Waals surface area contributed by atoms with Gasteiger partial charge in [-0.25, -0.2) is 19.6 Å². The molecule has 0 aromatic carbocycles. The number of carbonyl (C=O) groups excluding carboxylic acids is 2. The summed E-state index contributed by atoms with van der Waals surface area (Å²) in [6.07, 6.45) is 3.47. The zero-order valence-corrected chi connectivity index (χ0v) is 17.5. The van der Waals surface area contributed by atoms with Crippen LogP contribution in [0.2, 0.25) is 0 Å². The van der Waals surface area contributed by atoms with Crippen molar-refractivity contribution in [2.45, 2.75) is 13.0 Å². The molecule has 0 saturated carbocycles. The van der Waals surface area contributed by atoms with Gasteiger partial charge in [-0.15, -0.1) is 11.3 Å². The fraction of sp³-hybridized carbons (Fsp3) is 0.400. The van der Waals surface area contributed by atoms with E-state index in [1.165, 1.54) is 11.3 Å². The second kappa shape index (κ2) is 9.23. The summed E-state index contributed by atoms with van der Waals surface area (Å²) in [6.45, 7) is 5.59. The number of aromatic nitrogens is 2. The third-order valence-electron chi connectivity index (χ3n) is 5.07. The summed E-state index contributed by atoms with van der Waals surface area (Å²) in [5.41, 5.74) is 1.06. The zero-order valence-electron chi connectivity index (χ0n) is 16.7. The van der Waals surface area contributed by atoms with Crippen molar-refractivity contribution in [1.29, 1.82) is 0 Å². The molecular weight excluding hydrogens is 404 g/mol. The van der Waals surface area contributed by atoms with Crippen molar-refractivity contribution >= 4 is 29.3 Å². The van der Waals surface area contributed by atoms with Gasteiger partial charge in [0, 0.05) is 55.7 Å². The van der Waals surface area contributed by atoms with Crippen LogP contribution >= 0.6 is 11.3 Å². The molecule has 2 aromatic heterocycles. The van der Waals surface area contributed by atoms with E-state index in [0.29, 0.717) is 17.8 Å². The topological polar surface area (TPSA) is 99.7 Å². The third-order valence-corrected chi connectivity index (χ3v) is 6.00. The molecule has 2 aliphatic rings. The Hall–Kier alpha value is -2.98. The lowest BCUT2D eigenvalue weighted by Gasteiger charge is -2.36. The maximum absolute atomic E-state index is 12.8. The van der Waals surface area contributed by atoms with Gasteiger partial charge in [-0.3, -0.25) is 4.90 Å². The maximum Gasteiger partial charge on any atom is 0.338 e. The Balaban J connectivity index is 1.53. The highest BCUT2D eigenvalue weighted by atomic mass is 32.1. The van der Waals surface area contributed by atoms with Gasteiger partial charge in [0.25, 0.3) is 0 Å². The fourth-order valence-electron chi connectivity index (χ4n) is 3.65. The number of hydrogen-bond donors (Lipinski definition) is 2. The Bertz CT molecular complexity index is 910. The molecular formula is C20H24N6O3S. The van der Waals surface area contributed by atoms with E-state index in [2.05, 4.69) is 30.4 Å². The standard InChI is InChI=1S/C20H24N6O3S/c1-2-29-18(27)16-14(23-20(28)24-17(16)15-5-3-12-30-15)13-25-8-10-26(11-9-25)19-21-6-4-7-22-19/h3-7,12,17H,2,8-11,13H2,1H3,(H2,23,24,28). The highest BCUT2D eigenvalue weighted by molar-refractivity contribution is 7.10. The summed E-state index contributed by atoms with van der Waals surface area (Å²) in [4.78, 5) is 39.0. The number of nitrogens with zero attached hydrogens (tertiary/aromatic N) is 4. The van der Waals surface area contributed by atoms with E-state index in [-0.39, 0.29) is 12.6 Å². The third kappa shape index (κ3) is 4.44. The molecule has 2 amide bonds. The fourth-order valence-corrected chi connectivity index (χ4v) is 4.43. The van der Waals surface area contributed by atoms with Gasteiger partial charge >= 0.3 is 12.0 Å². The van der Waals surface area contributed by atoms with E-state index >= 15 is 0 Å². The Morgan fingerprint density at radius 2 is 2.00 bits per heavy atom. The van der Waals surface area contributed by atoms with Gasteiger partial charge < -0.3 is 20.3 Å². The molecule has 0 spiro atoms. The monoisotopic (exact) mass is 428 g/mol. The van der Waals surface area contributed by atoms with Crippen LogP contribution in [0, 0.1) is 0 Å². The summed E-state index contributed by atoms with van der Waals surface area (Å²) in [6, 6.07) is 4.80. The van der Waals surface area contributed by atoms with E-state index in [9.17, 15) is 9.59 Å². The highest BCUT2D eigenvalue weighted by Gasteiger charge is 2.35. The van der Waals surface area contributed by atoms with Crippen LogP contribution in [-0.2, 0) is 9.53 Å². The number of anilines is 1. The van der Waals surface area contributed by atoms with Gasteiger partial charge in [0.1, 0.15) is 0 Å². The van der Waals surface area contributed by atoms with Crippen LogP contribution in [0.5, 0.6) is 0 Å². The predicted octanol–water partition coefficient (Wildman–Crippen LogP) is 1.53. The average molecular weight is 429 g/mol. The summed E-state index contributed by atoms with van der Waals surface area (Å²) >= 11 is 1.50. The van der Waals surface area contributed by atoms with Gasteiger partial charge in [0.15, 0.2) is 0 Å². The molecule has 0 aliphatic carbocycles. The Morgan fingerprint density at radius 1 is 1.23 bits per heavy atom. The first kappa shape index (κ1) is 20.3. The summed E-state index contributed by atoms with van der Waals surface area (Å²) in [5.74, 6) is 0.311. The van der Waals surface area contributed by atoms with Crippen molar-refractivity contribution in [3.05, 3.63) is 52.1 Å². The Kier molecular flexibility index (Phi) is 6.24. The van der Waals surface area contributed by atoms with Gasteiger partial charge in [-0.2, -0.15) is 0 Å². The van der Waals surface area contributed by atoms with Crippen LogP contribution in [0.1, 0.15) is 17.8 Å². The van der Waals surface area contributed by atoms with Gasteiger partial charge in [-0.1, -0.05) is 6.07 Å². The summed E-state index contributed by atoms with van der Waals surface area (Å²) < 4.78 is 5.31. The van der Waals surface area contributed by atoms with Crippen molar-refractivity contribution in [1.82, 2.24) is 25.5 Å². The molecule has 1 unspecified atom stereocenters. The zero-order chi connectivity index (χ0) is 20.9. The molecule has 10 heteroatoms. The number of amides is 2. The van der Waals surface area contributed by atoms with Gasteiger partial charge in [-0.05, 0) is 24.4 Å². The Morgan fingerprint density at radius 3 is 2.67 bits per heavy atom. The quantitative estimate of drug-likeness (QED) is 0.673. The van der Waals surface area contributed by atoms with Gasteiger partial charge in [0.2, 0.25) is 5.95 Å². The summed E-state index contributed by atoms with van der Waals surface area (Å²) in [5, 5.41) is 7.63. The highest BCUT2D eigenvalue weighted by Crippen LogP contribution is 2.31. The van der Waals surface area contributed by atoms with Crippen LogP contribution < -0.4 is 15.5 Å². The van der Waals surface area contributed by atoms with E-state index in [1.807, 2.05) is 17.5 Å². The summed E-state index contributed by atoms with van der Waals surface area (Å²) in [7, 11) is 0. The first-order valence-electron chi connectivity index (χ1n) is 9.91.